The summed E-state index contributed by atoms with van der Waals surface area (Å²) in [6, 6.07) is 9.55. The molecule has 0 heterocycles. The maximum atomic E-state index is 11.1. The second-order valence-electron chi connectivity index (χ2n) is 3.47. The highest BCUT2D eigenvalue weighted by molar-refractivity contribution is 5.26. The first kappa shape index (κ1) is 11.4. The first-order valence-corrected chi connectivity index (χ1v) is 4.91. The summed E-state index contributed by atoms with van der Waals surface area (Å²) < 4.78 is 0. The predicted octanol–water partition coefficient (Wildman–Crippen LogP) is 3.80. The van der Waals surface area contributed by atoms with Gasteiger partial charge < -0.3 is 0 Å². The van der Waals surface area contributed by atoms with Gasteiger partial charge in [0.05, 0.1) is 0 Å². The van der Waals surface area contributed by atoms with E-state index < -0.39 is 5.54 Å². The summed E-state index contributed by atoms with van der Waals surface area (Å²) in [6.07, 6.45) is 4.51. The van der Waals surface area contributed by atoms with Gasteiger partial charge in [0.25, 0.3) is 0 Å². The molecule has 2 nitrogen and oxygen atoms in total. The number of nitroso groups, excluding NO2 is 1. The van der Waals surface area contributed by atoms with Crippen LogP contribution in [-0.4, -0.2) is 0 Å². The van der Waals surface area contributed by atoms with Gasteiger partial charge in [-0.3, -0.25) is 0 Å². The van der Waals surface area contributed by atoms with Crippen molar-refractivity contribution >= 4 is 0 Å². The summed E-state index contributed by atoms with van der Waals surface area (Å²) in [6.45, 7) is 7.34. The van der Waals surface area contributed by atoms with Gasteiger partial charge in [0.2, 0.25) is 0 Å². The molecule has 0 fully saturated rings. The van der Waals surface area contributed by atoms with E-state index >= 15 is 0 Å². The van der Waals surface area contributed by atoms with Gasteiger partial charge in [-0.1, -0.05) is 47.7 Å². The highest BCUT2D eigenvalue weighted by Gasteiger charge is 2.30. The van der Waals surface area contributed by atoms with Crippen LogP contribution in [0.1, 0.15) is 18.4 Å². The molecule has 2 heteroatoms. The second-order valence-corrected chi connectivity index (χ2v) is 3.47. The van der Waals surface area contributed by atoms with Crippen molar-refractivity contribution in [2.75, 3.05) is 0 Å². The van der Waals surface area contributed by atoms with Gasteiger partial charge in [0.1, 0.15) is 5.54 Å². The monoisotopic (exact) mass is 201 g/mol. The Morgan fingerprint density at radius 2 is 1.67 bits per heavy atom. The predicted molar refractivity (Wildman–Crippen MR) is 63.5 cm³/mol. The topological polar surface area (TPSA) is 29.4 Å². The maximum Gasteiger partial charge on any atom is 0.134 e. The summed E-state index contributed by atoms with van der Waals surface area (Å²) in [5.41, 5.74) is 0.185. The van der Waals surface area contributed by atoms with Crippen molar-refractivity contribution in [3.05, 3.63) is 66.1 Å². The molecular weight excluding hydrogens is 186 g/mol. The third-order valence-electron chi connectivity index (χ3n) is 2.45. The SMILES string of the molecule is C=CCC(CC=C)(N=O)c1ccccc1. The fourth-order valence-electron chi connectivity index (χ4n) is 1.67. The van der Waals surface area contributed by atoms with E-state index in [0.717, 1.165) is 5.56 Å². The minimum Gasteiger partial charge on any atom is -0.150 e. The van der Waals surface area contributed by atoms with Crippen molar-refractivity contribution in [2.24, 2.45) is 5.18 Å². The quantitative estimate of drug-likeness (QED) is 0.508. The summed E-state index contributed by atoms with van der Waals surface area (Å²) in [5.74, 6) is 0. The third-order valence-corrected chi connectivity index (χ3v) is 2.45. The molecule has 0 amide bonds. The molecule has 0 atom stereocenters. The molecule has 1 aromatic rings. The van der Waals surface area contributed by atoms with E-state index in [1.54, 1.807) is 12.2 Å². The van der Waals surface area contributed by atoms with Crippen molar-refractivity contribution in [3.63, 3.8) is 0 Å². The van der Waals surface area contributed by atoms with E-state index in [0.29, 0.717) is 12.8 Å². The lowest BCUT2D eigenvalue weighted by Crippen LogP contribution is -2.21. The minimum atomic E-state index is -0.731. The lowest BCUT2D eigenvalue weighted by Gasteiger charge is -2.23. The molecule has 0 saturated carbocycles. The van der Waals surface area contributed by atoms with Crippen LogP contribution in [0.15, 0.2) is 60.8 Å². The van der Waals surface area contributed by atoms with Crippen molar-refractivity contribution < 1.29 is 0 Å². The average molecular weight is 201 g/mol. The van der Waals surface area contributed by atoms with Gasteiger partial charge in [-0.25, -0.2) is 0 Å². The molecular formula is C13H15NO. The van der Waals surface area contributed by atoms with Crippen molar-refractivity contribution in [1.82, 2.24) is 0 Å². The fourth-order valence-corrected chi connectivity index (χ4v) is 1.67. The summed E-state index contributed by atoms with van der Waals surface area (Å²) >= 11 is 0. The molecule has 0 aliphatic heterocycles. The van der Waals surface area contributed by atoms with Crippen LogP contribution in [-0.2, 0) is 5.54 Å². The molecule has 1 rings (SSSR count). The lowest BCUT2D eigenvalue weighted by molar-refractivity contribution is 0.456. The van der Waals surface area contributed by atoms with Gasteiger partial charge in [-0.05, 0) is 18.4 Å². The van der Waals surface area contributed by atoms with Crippen LogP contribution in [0.5, 0.6) is 0 Å². The van der Waals surface area contributed by atoms with E-state index in [1.165, 1.54) is 0 Å². The summed E-state index contributed by atoms with van der Waals surface area (Å²) in [5, 5.41) is 3.28. The Balaban J connectivity index is 3.13. The molecule has 15 heavy (non-hydrogen) atoms. The molecule has 0 bridgehead atoms. The first-order valence-electron chi connectivity index (χ1n) is 4.91. The van der Waals surface area contributed by atoms with Crippen molar-refractivity contribution in [1.29, 1.82) is 0 Å². The van der Waals surface area contributed by atoms with E-state index in [1.807, 2.05) is 30.3 Å². The smallest absolute Gasteiger partial charge is 0.134 e. The third kappa shape index (κ3) is 2.40. The molecule has 0 aromatic heterocycles. The van der Waals surface area contributed by atoms with Crippen LogP contribution >= 0.6 is 0 Å². The molecule has 0 unspecified atom stereocenters. The molecule has 0 aliphatic rings. The van der Waals surface area contributed by atoms with Crippen LogP contribution in [0.3, 0.4) is 0 Å². The first-order chi connectivity index (χ1) is 7.29. The van der Waals surface area contributed by atoms with E-state index in [2.05, 4.69) is 18.3 Å². The Morgan fingerprint density at radius 3 is 2.07 bits per heavy atom. The molecule has 0 radical (unpaired) electrons. The molecule has 0 N–H and O–H groups in total. The van der Waals surface area contributed by atoms with Gasteiger partial charge in [-0.2, -0.15) is 0 Å². The molecule has 0 spiro atoms. The second kappa shape index (κ2) is 5.25. The van der Waals surface area contributed by atoms with Gasteiger partial charge >= 0.3 is 0 Å². The summed E-state index contributed by atoms with van der Waals surface area (Å²) in [4.78, 5) is 11.1. The Kier molecular flexibility index (Phi) is 3.98. The zero-order chi connectivity index (χ0) is 11.1. The Hall–Kier alpha value is -1.70. The zero-order valence-electron chi connectivity index (χ0n) is 8.73. The van der Waals surface area contributed by atoms with Gasteiger partial charge in [0, 0.05) is 0 Å². The van der Waals surface area contributed by atoms with Crippen LogP contribution in [0.25, 0.3) is 0 Å². The molecule has 0 aliphatic carbocycles. The van der Waals surface area contributed by atoms with E-state index in [9.17, 15) is 4.91 Å². The average Bonchev–Trinajstić information content (AvgIpc) is 2.30. The molecule has 0 saturated heterocycles. The lowest BCUT2D eigenvalue weighted by atomic mass is 9.84. The largest absolute Gasteiger partial charge is 0.150 e. The van der Waals surface area contributed by atoms with Gasteiger partial charge in [0.15, 0.2) is 0 Å². The van der Waals surface area contributed by atoms with Crippen LogP contribution in [0, 0.1) is 4.91 Å². The van der Waals surface area contributed by atoms with E-state index in [-0.39, 0.29) is 0 Å². The normalized spacial score (nSPS) is 10.7. The van der Waals surface area contributed by atoms with Crippen LogP contribution < -0.4 is 0 Å². The number of hydrogen-bond acceptors (Lipinski definition) is 2. The number of rotatable bonds is 6. The van der Waals surface area contributed by atoms with Crippen LogP contribution in [0.2, 0.25) is 0 Å². The number of hydrogen-bond donors (Lipinski definition) is 0. The summed E-state index contributed by atoms with van der Waals surface area (Å²) in [7, 11) is 0. The Labute approximate surface area is 90.3 Å². The minimum absolute atomic E-state index is 0.534. The fraction of sp³-hybridized carbons (Fsp3) is 0.231. The number of benzene rings is 1. The highest BCUT2D eigenvalue weighted by atomic mass is 16.3. The van der Waals surface area contributed by atoms with E-state index in [4.69, 9.17) is 0 Å². The molecule has 1 aromatic carbocycles. The van der Waals surface area contributed by atoms with Crippen molar-refractivity contribution in [2.45, 2.75) is 18.4 Å². The van der Waals surface area contributed by atoms with Crippen LogP contribution in [0.4, 0.5) is 0 Å². The molecule has 78 valence electrons. The van der Waals surface area contributed by atoms with Gasteiger partial charge in [-0.15, -0.1) is 18.1 Å². The standard InChI is InChI=1S/C13H15NO/c1-3-10-13(14-15,11-4-2)12-8-6-5-7-9-12/h3-9H,1-2,10-11H2. The van der Waals surface area contributed by atoms with Crippen molar-refractivity contribution in [3.8, 4) is 0 Å². The zero-order valence-corrected chi connectivity index (χ0v) is 8.73. The Morgan fingerprint density at radius 1 is 1.13 bits per heavy atom. The Bertz CT molecular complexity index is 333. The highest BCUT2D eigenvalue weighted by Crippen LogP contribution is 2.33. The number of nitrogens with zero attached hydrogens (tertiary/aromatic N) is 1. The maximum absolute atomic E-state index is 11.1.